The van der Waals surface area contributed by atoms with Gasteiger partial charge in [0.1, 0.15) is 5.60 Å². The second-order valence-electron chi connectivity index (χ2n) is 7.69. The number of nitrogens with one attached hydrogen (secondary N) is 2. The fourth-order valence-electron chi connectivity index (χ4n) is 2.59. The van der Waals surface area contributed by atoms with E-state index in [2.05, 4.69) is 10.6 Å². The van der Waals surface area contributed by atoms with E-state index in [4.69, 9.17) is 4.74 Å². The Morgan fingerprint density at radius 2 is 1.81 bits per heavy atom. The molecule has 7 heteroatoms. The van der Waals surface area contributed by atoms with Crippen molar-refractivity contribution in [3.05, 3.63) is 11.6 Å². The molecule has 0 bridgehead atoms. The molecule has 1 rings (SSSR count). The predicted octanol–water partition coefficient (Wildman–Crippen LogP) is 2.36. The van der Waals surface area contributed by atoms with Gasteiger partial charge >= 0.3 is 6.09 Å². The molecule has 0 radical (unpaired) electrons. The number of alkyl carbamates (subject to hydrolysis) is 1. The summed E-state index contributed by atoms with van der Waals surface area (Å²) in [5, 5.41) is 5.59. The van der Waals surface area contributed by atoms with Gasteiger partial charge in [0, 0.05) is 38.2 Å². The Hall–Kier alpha value is -2.05. The molecule has 0 aromatic rings. The number of nitrogens with zero attached hydrogens (tertiary/aromatic N) is 1. The maximum atomic E-state index is 12.2. The van der Waals surface area contributed by atoms with Crippen molar-refractivity contribution < 1.29 is 19.1 Å². The smallest absolute Gasteiger partial charge is 0.407 e. The minimum Gasteiger partial charge on any atom is -0.444 e. The Labute approximate surface area is 156 Å². The predicted molar refractivity (Wildman–Crippen MR) is 101 cm³/mol. The summed E-state index contributed by atoms with van der Waals surface area (Å²) in [5.41, 5.74) is 0.498. The lowest BCUT2D eigenvalue weighted by Gasteiger charge is -2.32. The highest BCUT2D eigenvalue weighted by atomic mass is 16.6. The van der Waals surface area contributed by atoms with E-state index in [0.717, 1.165) is 24.8 Å². The average molecular weight is 367 g/mol. The number of hydrogen-bond donors (Lipinski definition) is 2. The summed E-state index contributed by atoms with van der Waals surface area (Å²) in [7, 11) is 0. The van der Waals surface area contributed by atoms with Gasteiger partial charge in [0.15, 0.2) is 0 Å². The molecule has 1 aliphatic heterocycles. The van der Waals surface area contributed by atoms with Gasteiger partial charge in [-0.05, 0) is 47.0 Å². The summed E-state index contributed by atoms with van der Waals surface area (Å²) in [5.74, 6) is -0.0526. The van der Waals surface area contributed by atoms with Gasteiger partial charge in [-0.15, -0.1) is 0 Å². The van der Waals surface area contributed by atoms with Crippen LogP contribution in [0.4, 0.5) is 4.79 Å². The third-order valence-electron chi connectivity index (χ3n) is 4.14. The molecule has 0 spiro atoms. The lowest BCUT2D eigenvalue weighted by Crippen LogP contribution is -2.46. The molecule has 0 unspecified atom stereocenters. The van der Waals surface area contributed by atoms with Gasteiger partial charge < -0.3 is 20.3 Å². The van der Waals surface area contributed by atoms with Crippen LogP contribution in [0.15, 0.2) is 11.6 Å². The van der Waals surface area contributed by atoms with Gasteiger partial charge in [0.25, 0.3) is 0 Å². The van der Waals surface area contributed by atoms with Gasteiger partial charge in [-0.2, -0.15) is 0 Å². The highest BCUT2D eigenvalue weighted by Gasteiger charge is 2.23. The van der Waals surface area contributed by atoms with Crippen LogP contribution in [0.25, 0.3) is 0 Å². The van der Waals surface area contributed by atoms with Crippen LogP contribution in [0.2, 0.25) is 0 Å². The van der Waals surface area contributed by atoms with Crippen molar-refractivity contribution in [2.75, 3.05) is 19.6 Å². The average Bonchev–Trinajstić information content (AvgIpc) is 2.53. The van der Waals surface area contributed by atoms with Crippen molar-refractivity contribution in [3.63, 3.8) is 0 Å². The molecule has 0 saturated carbocycles. The van der Waals surface area contributed by atoms with E-state index in [1.165, 1.54) is 0 Å². The number of ether oxygens (including phenoxy) is 1. The zero-order valence-corrected chi connectivity index (χ0v) is 16.7. The van der Waals surface area contributed by atoms with Crippen LogP contribution in [0.1, 0.15) is 60.3 Å². The summed E-state index contributed by atoms with van der Waals surface area (Å²) in [6, 6.07) is 0.104. The second kappa shape index (κ2) is 10.2. The lowest BCUT2D eigenvalue weighted by molar-refractivity contribution is -0.132. The molecule has 0 aromatic carbocycles. The SMILES string of the molecule is CC/C(C)=C/C(=O)NC1CCN(C(=O)CCNC(=O)OC(C)(C)C)CC1. The van der Waals surface area contributed by atoms with E-state index in [9.17, 15) is 14.4 Å². The van der Waals surface area contributed by atoms with Crippen molar-refractivity contribution >= 4 is 17.9 Å². The maximum Gasteiger partial charge on any atom is 0.407 e. The van der Waals surface area contributed by atoms with Crippen LogP contribution in [0, 0.1) is 0 Å². The number of carbonyl (C=O) groups excluding carboxylic acids is 3. The first-order valence-electron chi connectivity index (χ1n) is 9.33. The number of allylic oxidation sites excluding steroid dienone is 1. The topological polar surface area (TPSA) is 87.7 Å². The molecule has 0 aromatic heterocycles. The summed E-state index contributed by atoms with van der Waals surface area (Å²) < 4.78 is 5.13. The fraction of sp³-hybridized carbons (Fsp3) is 0.737. The molecular weight excluding hydrogens is 334 g/mol. The zero-order chi connectivity index (χ0) is 19.7. The fourth-order valence-corrected chi connectivity index (χ4v) is 2.59. The number of rotatable bonds is 6. The van der Waals surface area contributed by atoms with Crippen molar-refractivity contribution in [1.82, 2.24) is 15.5 Å². The van der Waals surface area contributed by atoms with E-state index in [0.29, 0.717) is 13.1 Å². The molecule has 1 fully saturated rings. The first kappa shape index (κ1) is 22.0. The number of amides is 3. The Morgan fingerprint density at radius 3 is 2.35 bits per heavy atom. The number of likely N-dealkylation sites (tertiary alicyclic amines) is 1. The Morgan fingerprint density at radius 1 is 1.19 bits per heavy atom. The summed E-state index contributed by atoms with van der Waals surface area (Å²) in [6.45, 7) is 10.8. The second-order valence-corrected chi connectivity index (χ2v) is 7.69. The van der Waals surface area contributed by atoms with Gasteiger partial charge in [-0.1, -0.05) is 12.5 Å². The van der Waals surface area contributed by atoms with Gasteiger partial charge in [-0.3, -0.25) is 9.59 Å². The normalized spacial score (nSPS) is 16.2. The van der Waals surface area contributed by atoms with Crippen LogP contribution in [-0.2, 0) is 14.3 Å². The number of hydrogen-bond acceptors (Lipinski definition) is 4. The number of piperidine rings is 1. The monoisotopic (exact) mass is 367 g/mol. The molecule has 2 N–H and O–H groups in total. The standard InChI is InChI=1S/C19H33N3O4/c1-6-14(2)13-16(23)21-15-8-11-22(12-9-15)17(24)7-10-20-18(25)26-19(3,4)5/h13,15H,6-12H2,1-5H3,(H,20,25)(H,21,23)/b14-13+. The van der Waals surface area contributed by atoms with E-state index >= 15 is 0 Å². The molecule has 1 heterocycles. The van der Waals surface area contributed by atoms with Crippen LogP contribution in [-0.4, -0.2) is 54.1 Å². The molecule has 0 atom stereocenters. The summed E-state index contributed by atoms with van der Waals surface area (Å²) in [4.78, 5) is 37.4. The first-order valence-corrected chi connectivity index (χ1v) is 9.33. The zero-order valence-electron chi connectivity index (χ0n) is 16.7. The third kappa shape index (κ3) is 8.87. The van der Waals surface area contributed by atoms with Gasteiger partial charge in [-0.25, -0.2) is 4.79 Å². The van der Waals surface area contributed by atoms with Crippen molar-refractivity contribution in [2.24, 2.45) is 0 Å². The third-order valence-corrected chi connectivity index (χ3v) is 4.14. The minimum atomic E-state index is -0.550. The largest absolute Gasteiger partial charge is 0.444 e. The Balaban J connectivity index is 2.27. The molecule has 7 nitrogen and oxygen atoms in total. The summed E-state index contributed by atoms with van der Waals surface area (Å²) in [6.07, 6.45) is 3.72. The molecular formula is C19H33N3O4. The van der Waals surface area contributed by atoms with Crippen LogP contribution >= 0.6 is 0 Å². The van der Waals surface area contributed by atoms with Gasteiger partial charge in [0.2, 0.25) is 11.8 Å². The Bertz CT molecular complexity index is 529. The van der Waals surface area contributed by atoms with Crippen molar-refractivity contribution in [2.45, 2.75) is 71.9 Å². The van der Waals surface area contributed by atoms with Gasteiger partial charge in [0.05, 0.1) is 0 Å². The van der Waals surface area contributed by atoms with Crippen LogP contribution in [0.5, 0.6) is 0 Å². The van der Waals surface area contributed by atoms with Crippen LogP contribution < -0.4 is 10.6 Å². The van der Waals surface area contributed by atoms with E-state index in [1.54, 1.807) is 31.7 Å². The molecule has 148 valence electrons. The highest BCUT2D eigenvalue weighted by Crippen LogP contribution is 2.12. The van der Waals surface area contributed by atoms with E-state index in [-0.39, 0.29) is 30.8 Å². The lowest BCUT2D eigenvalue weighted by atomic mass is 10.0. The van der Waals surface area contributed by atoms with E-state index in [1.807, 2.05) is 13.8 Å². The quantitative estimate of drug-likeness (QED) is 0.706. The van der Waals surface area contributed by atoms with Crippen molar-refractivity contribution in [1.29, 1.82) is 0 Å². The molecule has 3 amide bonds. The number of carbonyl (C=O) groups is 3. The highest BCUT2D eigenvalue weighted by molar-refractivity contribution is 5.88. The minimum absolute atomic E-state index is 0.00700. The van der Waals surface area contributed by atoms with E-state index < -0.39 is 11.7 Å². The maximum absolute atomic E-state index is 12.2. The van der Waals surface area contributed by atoms with Crippen LogP contribution in [0.3, 0.4) is 0 Å². The van der Waals surface area contributed by atoms with Crippen molar-refractivity contribution in [3.8, 4) is 0 Å². The Kier molecular flexibility index (Phi) is 8.61. The summed E-state index contributed by atoms with van der Waals surface area (Å²) >= 11 is 0. The first-order chi connectivity index (χ1) is 12.1. The molecule has 0 aliphatic carbocycles. The molecule has 1 aliphatic rings. The molecule has 1 saturated heterocycles. The molecule has 26 heavy (non-hydrogen) atoms.